The molecule has 162 valence electrons. The molecule has 2 aromatic carbocycles. The number of para-hydroxylation sites is 1. The van der Waals surface area contributed by atoms with Crippen LogP contribution in [0.25, 0.3) is 5.57 Å². The molecule has 0 saturated heterocycles. The molecule has 0 fully saturated rings. The molecule has 5 nitrogen and oxygen atoms in total. The number of anilines is 1. The van der Waals surface area contributed by atoms with Gasteiger partial charge in [0.1, 0.15) is 5.70 Å². The highest BCUT2D eigenvalue weighted by Crippen LogP contribution is 2.35. The van der Waals surface area contributed by atoms with E-state index in [0.717, 1.165) is 28.7 Å². The molecule has 0 unspecified atom stereocenters. The van der Waals surface area contributed by atoms with Gasteiger partial charge in [-0.25, -0.2) is 4.90 Å². The first-order valence-electron chi connectivity index (χ1n) is 10.9. The average molecular weight is 426 g/mol. The number of rotatable bonds is 7. The van der Waals surface area contributed by atoms with E-state index in [9.17, 15) is 9.59 Å². The number of hydrogen-bond acceptors (Lipinski definition) is 4. The molecule has 0 atom stereocenters. The van der Waals surface area contributed by atoms with Gasteiger partial charge in [0.15, 0.2) is 0 Å². The van der Waals surface area contributed by atoms with Crippen LogP contribution in [0.2, 0.25) is 0 Å². The quantitative estimate of drug-likeness (QED) is 0.521. The monoisotopic (exact) mass is 425 g/mol. The Hall–Kier alpha value is -3.73. The largest absolute Gasteiger partial charge is 0.366 e. The van der Waals surface area contributed by atoms with E-state index in [-0.39, 0.29) is 11.8 Å². The second-order valence-corrected chi connectivity index (χ2v) is 7.99. The molecular weight excluding hydrogens is 398 g/mol. The van der Waals surface area contributed by atoms with Crippen molar-refractivity contribution >= 4 is 23.1 Å². The number of benzene rings is 2. The van der Waals surface area contributed by atoms with Gasteiger partial charge in [-0.05, 0) is 73.7 Å². The number of likely N-dealkylation sites (N-methyl/N-ethyl adjacent to an activating group) is 1. The molecule has 1 aliphatic heterocycles. The van der Waals surface area contributed by atoms with E-state index in [1.165, 1.54) is 4.90 Å². The summed E-state index contributed by atoms with van der Waals surface area (Å²) in [6.45, 7) is 7.33. The third-order valence-corrected chi connectivity index (χ3v) is 5.99. The lowest BCUT2D eigenvalue weighted by Crippen LogP contribution is -2.36. The van der Waals surface area contributed by atoms with E-state index >= 15 is 0 Å². The molecule has 0 spiro atoms. The van der Waals surface area contributed by atoms with Gasteiger partial charge in [0.2, 0.25) is 0 Å². The van der Waals surface area contributed by atoms with Crippen molar-refractivity contribution in [2.45, 2.75) is 27.2 Å². The summed E-state index contributed by atoms with van der Waals surface area (Å²) in [4.78, 5) is 34.7. The number of pyridine rings is 1. The zero-order chi connectivity index (χ0) is 22.7. The fourth-order valence-electron chi connectivity index (χ4n) is 4.02. The molecule has 0 saturated carbocycles. The van der Waals surface area contributed by atoms with E-state index < -0.39 is 0 Å². The number of carbonyl (C=O) groups excluding carboxylic acids is 2. The SMILES string of the molecule is CCN(CCc1ccncc1)C1=C(c2ccc(C)c(C)c2)C(=O)N(c2ccccc2)C1=O. The number of amides is 2. The maximum atomic E-state index is 13.7. The van der Waals surface area contributed by atoms with Gasteiger partial charge in [-0.15, -0.1) is 0 Å². The molecular formula is C27H27N3O2. The van der Waals surface area contributed by atoms with Gasteiger partial charge >= 0.3 is 0 Å². The van der Waals surface area contributed by atoms with E-state index in [4.69, 9.17) is 0 Å². The molecule has 1 aromatic heterocycles. The zero-order valence-corrected chi connectivity index (χ0v) is 18.7. The molecule has 0 N–H and O–H groups in total. The highest BCUT2D eigenvalue weighted by Gasteiger charge is 2.42. The fraction of sp³-hybridized carbons (Fsp3) is 0.222. The van der Waals surface area contributed by atoms with Gasteiger partial charge in [-0.1, -0.05) is 36.4 Å². The number of carbonyl (C=O) groups is 2. The van der Waals surface area contributed by atoms with Crippen LogP contribution in [-0.2, 0) is 16.0 Å². The van der Waals surface area contributed by atoms with Crippen LogP contribution >= 0.6 is 0 Å². The molecule has 32 heavy (non-hydrogen) atoms. The minimum Gasteiger partial charge on any atom is -0.366 e. The minimum atomic E-state index is -0.276. The van der Waals surface area contributed by atoms with Crippen LogP contribution in [0.15, 0.2) is 78.8 Å². The molecule has 0 radical (unpaired) electrons. The summed E-state index contributed by atoms with van der Waals surface area (Å²) in [6.07, 6.45) is 4.30. The van der Waals surface area contributed by atoms with Gasteiger partial charge in [0.05, 0.1) is 11.3 Å². The first kappa shape index (κ1) is 21.5. The lowest BCUT2D eigenvalue weighted by Gasteiger charge is -2.25. The fourth-order valence-corrected chi connectivity index (χ4v) is 4.02. The topological polar surface area (TPSA) is 53.5 Å². The summed E-state index contributed by atoms with van der Waals surface area (Å²) in [5.74, 6) is -0.548. The Morgan fingerprint density at radius 2 is 1.59 bits per heavy atom. The molecule has 0 bridgehead atoms. The van der Waals surface area contributed by atoms with Crippen LogP contribution in [0.5, 0.6) is 0 Å². The summed E-state index contributed by atoms with van der Waals surface area (Å²) in [5.41, 5.74) is 5.69. The Balaban J connectivity index is 1.78. The van der Waals surface area contributed by atoms with Crippen LogP contribution in [0, 0.1) is 13.8 Å². The summed E-state index contributed by atoms with van der Waals surface area (Å²) < 4.78 is 0. The van der Waals surface area contributed by atoms with Crippen molar-refractivity contribution in [3.8, 4) is 0 Å². The number of nitrogens with zero attached hydrogens (tertiary/aromatic N) is 3. The summed E-state index contributed by atoms with van der Waals surface area (Å²) in [7, 11) is 0. The van der Waals surface area contributed by atoms with Crippen LogP contribution in [0.3, 0.4) is 0 Å². The van der Waals surface area contributed by atoms with Crippen LogP contribution in [0.4, 0.5) is 5.69 Å². The van der Waals surface area contributed by atoms with Gasteiger partial charge in [0, 0.05) is 25.5 Å². The highest BCUT2D eigenvalue weighted by molar-refractivity contribution is 6.45. The third-order valence-electron chi connectivity index (χ3n) is 5.99. The Bertz CT molecular complexity index is 1170. The van der Waals surface area contributed by atoms with Gasteiger partial charge in [0.25, 0.3) is 11.8 Å². The molecule has 0 aliphatic carbocycles. The smallest absolute Gasteiger partial charge is 0.282 e. The van der Waals surface area contributed by atoms with E-state index in [1.807, 2.05) is 74.2 Å². The Morgan fingerprint density at radius 1 is 0.875 bits per heavy atom. The van der Waals surface area contributed by atoms with Crippen molar-refractivity contribution in [3.05, 3.63) is 101 Å². The first-order chi connectivity index (χ1) is 15.5. The van der Waals surface area contributed by atoms with Crippen molar-refractivity contribution in [1.29, 1.82) is 0 Å². The summed E-state index contributed by atoms with van der Waals surface area (Å²) in [6, 6.07) is 19.0. The van der Waals surface area contributed by atoms with Crippen LogP contribution in [0.1, 0.15) is 29.2 Å². The second-order valence-electron chi connectivity index (χ2n) is 7.99. The normalized spacial score (nSPS) is 13.8. The van der Waals surface area contributed by atoms with Crippen molar-refractivity contribution in [2.24, 2.45) is 0 Å². The maximum Gasteiger partial charge on any atom is 0.282 e. The van der Waals surface area contributed by atoms with Crippen molar-refractivity contribution < 1.29 is 9.59 Å². The number of aryl methyl sites for hydroxylation is 2. The summed E-state index contributed by atoms with van der Waals surface area (Å²) >= 11 is 0. The van der Waals surface area contributed by atoms with Crippen molar-refractivity contribution in [3.63, 3.8) is 0 Å². The predicted octanol–water partition coefficient (Wildman–Crippen LogP) is 4.55. The Morgan fingerprint density at radius 3 is 2.25 bits per heavy atom. The molecule has 5 heteroatoms. The Labute approximate surface area is 189 Å². The molecule has 2 heterocycles. The average Bonchev–Trinajstić information content (AvgIpc) is 3.07. The lowest BCUT2D eigenvalue weighted by molar-refractivity contribution is -0.120. The van der Waals surface area contributed by atoms with Crippen molar-refractivity contribution in [1.82, 2.24) is 9.88 Å². The predicted molar refractivity (Wildman–Crippen MR) is 127 cm³/mol. The molecule has 2 amide bonds. The van der Waals surface area contributed by atoms with Gasteiger partial charge < -0.3 is 4.90 Å². The zero-order valence-electron chi connectivity index (χ0n) is 18.7. The second kappa shape index (κ2) is 9.18. The standard InChI is InChI=1S/C27H27N3O2/c1-4-29(17-14-21-12-15-28-16-13-21)25-24(22-11-10-19(2)20(3)18-22)26(31)30(27(25)32)23-8-6-5-7-9-23/h5-13,15-16,18H,4,14,17H2,1-3H3. The molecule has 1 aliphatic rings. The first-order valence-corrected chi connectivity index (χ1v) is 10.9. The molecule has 4 rings (SSSR count). The number of hydrogen-bond donors (Lipinski definition) is 0. The lowest BCUT2D eigenvalue weighted by atomic mass is 9.99. The van der Waals surface area contributed by atoms with E-state index in [1.54, 1.807) is 24.5 Å². The Kier molecular flexibility index (Phi) is 6.17. The summed E-state index contributed by atoms with van der Waals surface area (Å²) in [5, 5.41) is 0. The highest BCUT2D eigenvalue weighted by atomic mass is 16.2. The van der Waals surface area contributed by atoms with Crippen LogP contribution < -0.4 is 4.90 Å². The van der Waals surface area contributed by atoms with E-state index in [0.29, 0.717) is 30.0 Å². The number of aromatic nitrogens is 1. The van der Waals surface area contributed by atoms with Crippen molar-refractivity contribution in [2.75, 3.05) is 18.0 Å². The third kappa shape index (κ3) is 4.06. The molecule has 3 aromatic rings. The number of imide groups is 1. The van der Waals surface area contributed by atoms with Crippen LogP contribution in [-0.4, -0.2) is 34.8 Å². The van der Waals surface area contributed by atoms with Gasteiger partial charge in [-0.3, -0.25) is 14.6 Å². The maximum absolute atomic E-state index is 13.7. The van der Waals surface area contributed by atoms with Gasteiger partial charge in [-0.2, -0.15) is 0 Å². The van der Waals surface area contributed by atoms with E-state index in [2.05, 4.69) is 4.98 Å². The minimum absolute atomic E-state index is 0.272.